The van der Waals surface area contributed by atoms with E-state index in [0.29, 0.717) is 16.7 Å². The summed E-state index contributed by atoms with van der Waals surface area (Å²) in [6.45, 7) is 1.73. The number of pyridine rings is 1. The maximum absolute atomic E-state index is 13.4. The summed E-state index contributed by atoms with van der Waals surface area (Å²) in [4.78, 5) is 42.5. The molecule has 0 bridgehead atoms. The number of aromatic nitrogens is 3. The van der Waals surface area contributed by atoms with Crippen molar-refractivity contribution in [1.82, 2.24) is 14.8 Å². The van der Waals surface area contributed by atoms with Crippen LogP contribution >= 0.6 is 15.9 Å². The number of carbonyl (C=O) groups is 2. The van der Waals surface area contributed by atoms with Gasteiger partial charge in [-0.05, 0) is 37.3 Å². The molecular formula is C21H12BrN5O4. The lowest BCUT2D eigenvalue weighted by molar-refractivity contribution is -0.384. The number of nitro groups is 1. The molecule has 2 aromatic carbocycles. The van der Waals surface area contributed by atoms with Crippen molar-refractivity contribution in [1.29, 1.82) is 0 Å². The van der Waals surface area contributed by atoms with Gasteiger partial charge in [-0.3, -0.25) is 19.7 Å². The molecule has 5 rings (SSSR count). The van der Waals surface area contributed by atoms with E-state index >= 15 is 0 Å². The molecule has 0 saturated carbocycles. The molecule has 3 heterocycles. The molecule has 1 aliphatic rings. The lowest BCUT2D eigenvalue weighted by Crippen LogP contribution is -2.30. The Morgan fingerprint density at radius 3 is 2.45 bits per heavy atom. The summed E-state index contributed by atoms with van der Waals surface area (Å²) >= 11 is 3.39. The lowest BCUT2D eigenvalue weighted by Gasteiger charge is -2.13. The molecular weight excluding hydrogens is 466 g/mol. The molecule has 2 amide bonds. The van der Waals surface area contributed by atoms with Gasteiger partial charge in [-0.25, -0.2) is 14.6 Å². The van der Waals surface area contributed by atoms with Gasteiger partial charge in [-0.1, -0.05) is 28.1 Å². The zero-order chi connectivity index (χ0) is 21.9. The van der Waals surface area contributed by atoms with E-state index in [1.54, 1.807) is 11.6 Å². The number of halogens is 1. The second-order valence-electron chi connectivity index (χ2n) is 6.91. The second kappa shape index (κ2) is 6.81. The third-order valence-corrected chi connectivity index (χ3v) is 5.64. The summed E-state index contributed by atoms with van der Waals surface area (Å²) in [6.07, 6.45) is 1.32. The molecule has 31 heavy (non-hydrogen) atoms. The highest BCUT2D eigenvalue weighted by Crippen LogP contribution is 2.37. The predicted octanol–water partition coefficient (Wildman–Crippen LogP) is 4.20. The van der Waals surface area contributed by atoms with Crippen LogP contribution in [-0.4, -0.2) is 31.5 Å². The molecule has 9 nitrogen and oxygen atoms in total. The summed E-state index contributed by atoms with van der Waals surface area (Å²) in [5.74, 6) is -1.29. The van der Waals surface area contributed by atoms with Crippen LogP contribution in [0.15, 0.2) is 59.2 Å². The van der Waals surface area contributed by atoms with Crippen LogP contribution in [0.3, 0.4) is 0 Å². The molecule has 10 heteroatoms. The van der Waals surface area contributed by atoms with Crippen LogP contribution in [0.25, 0.3) is 16.7 Å². The van der Waals surface area contributed by atoms with Gasteiger partial charge in [-0.2, -0.15) is 5.10 Å². The minimum absolute atomic E-state index is 0.0789. The zero-order valence-corrected chi connectivity index (χ0v) is 17.5. The van der Waals surface area contributed by atoms with E-state index in [4.69, 9.17) is 0 Å². The van der Waals surface area contributed by atoms with E-state index in [1.807, 2.05) is 24.3 Å². The number of fused-ring (bicyclic) bond motifs is 3. The Morgan fingerprint density at radius 2 is 1.74 bits per heavy atom. The highest BCUT2D eigenvalue weighted by Gasteiger charge is 2.42. The molecule has 2 aromatic heterocycles. The first-order valence-corrected chi connectivity index (χ1v) is 9.94. The molecule has 1 aliphatic heterocycles. The Kier molecular flexibility index (Phi) is 4.19. The normalized spacial score (nSPS) is 13.2. The van der Waals surface area contributed by atoms with E-state index in [9.17, 15) is 19.7 Å². The predicted molar refractivity (Wildman–Crippen MR) is 116 cm³/mol. The number of nitro benzene ring substituents is 1. The Labute approximate surface area is 183 Å². The number of benzene rings is 2. The van der Waals surface area contributed by atoms with Crippen LogP contribution in [0, 0.1) is 17.0 Å². The van der Waals surface area contributed by atoms with E-state index < -0.39 is 16.7 Å². The largest absolute Gasteiger partial charge is 0.293 e. The number of aryl methyl sites for hydroxylation is 1. The maximum Gasteiger partial charge on any atom is 0.293 e. The van der Waals surface area contributed by atoms with Gasteiger partial charge in [0.1, 0.15) is 5.69 Å². The van der Waals surface area contributed by atoms with Crippen LogP contribution in [0.1, 0.15) is 26.4 Å². The van der Waals surface area contributed by atoms with Crippen molar-refractivity contribution in [3.05, 3.63) is 86.1 Å². The number of hydrogen-bond donors (Lipinski definition) is 0. The van der Waals surface area contributed by atoms with Gasteiger partial charge in [-0.15, -0.1) is 0 Å². The van der Waals surface area contributed by atoms with Crippen molar-refractivity contribution in [2.45, 2.75) is 6.92 Å². The summed E-state index contributed by atoms with van der Waals surface area (Å²) in [5.41, 5.74) is 1.51. The van der Waals surface area contributed by atoms with Gasteiger partial charge in [0.05, 0.1) is 32.8 Å². The molecule has 0 fully saturated rings. The smallest absolute Gasteiger partial charge is 0.268 e. The van der Waals surface area contributed by atoms with E-state index in [1.165, 1.54) is 30.5 Å². The van der Waals surface area contributed by atoms with E-state index in [-0.39, 0.29) is 22.5 Å². The van der Waals surface area contributed by atoms with Crippen LogP contribution < -0.4 is 4.90 Å². The highest BCUT2D eigenvalue weighted by atomic mass is 79.9. The second-order valence-corrected chi connectivity index (χ2v) is 7.83. The fourth-order valence-corrected chi connectivity index (χ4v) is 4.01. The van der Waals surface area contributed by atoms with Crippen molar-refractivity contribution in [3.8, 4) is 5.69 Å². The number of nitrogens with zero attached hydrogens (tertiary/aromatic N) is 5. The number of anilines is 1. The number of carbonyl (C=O) groups excluding carboxylic acids is 2. The van der Waals surface area contributed by atoms with E-state index in [0.717, 1.165) is 15.1 Å². The van der Waals surface area contributed by atoms with Crippen molar-refractivity contribution in [2.75, 3.05) is 4.90 Å². The Hall–Kier alpha value is -3.92. The highest BCUT2D eigenvalue weighted by molar-refractivity contribution is 9.10. The third kappa shape index (κ3) is 2.76. The fourth-order valence-electron chi connectivity index (χ4n) is 3.75. The molecule has 0 N–H and O–H groups in total. The Balaban J connectivity index is 1.72. The molecule has 0 unspecified atom stereocenters. The number of amides is 2. The summed E-state index contributed by atoms with van der Waals surface area (Å²) in [5, 5.41) is 16.4. The maximum atomic E-state index is 13.4. The first kappa shape index (κ1) is 19.1. The summed E-state index contributed by atoms with van der Waals surface area (Å²) in [6, 6.07) is 13.1. The monoisotopic (exact) mass is 477 g/mol. The SMILES string of the molecule is Cc1nn(-c2ccc(Br)cc2)c2ncc3c(c12)C(=O)N(c1ccccc1[N+](=O)[O-])C3=O. The molecule has 0 radical (unpaired) electrons. The van der Waals surface area contributed by atoms with Gasteiger partial charge in [0.2, 0.25) is 0 Å². The number of imide groups is 1. The van der Waals surface area contributed by atoms with Crippen molar-refractivity contribution in [3.63, 3.8) is 0 Å². The topological polar surface area (TPSA) is 111 Å². The average molecular weight is 478 g/mol. The molecule has 4 aromatic rings. The Bertz CT molecular complexity index is 1430. The van der Waals surface area contributed by atoms with Crippen LogP contribution in [0.4, 0.5) is 11.4 Å². The quantitative estimate of drug-likeness (QED) is 0.248. The molecule has 0 saturated heterocycles. The van der Waals surface area contributed by atoms with Gasteiger partial charge in [0, 0.05) is 16.7 Å². The minimum Gasteiger partial charge on any atom is -0.268 e. The summed E-state index contributed by atoms with van der Waals surface area (Å²) in [7, 11) is 0. The fraction of sp³-hybridized carbons (Fsp3) is 0.0476. The standard InChI is InChI=1S/C21H12BrN5O4/c1-11-17-18-14(10-23-19(17)26(24-11)13-8-6-12(22)7-9-13)20(28)25(21(18)29)15-4-2-3-5-16(15)27(30)31/h2-10H,1H3. The molecule has 152 valence electrons. The molecule has 0 aliphatic carbocycles. The molecule has 0 spiro atoms. The van der Waals surface area contributed by atoms with Crippen LogP contribution in [-0.2, 0) is 0 Å². The number of hydrogen-bond acceptors (Lipinski definition) is 6. The van der Waals surface area contributed by atoms with Gasteiger partial charge in [0.25, 0.3) is 17.5 Å². The number of para-hydroxylation sites is 2. The van der Waals surface area contributed by atoms with Gasteiger partial charge in [0.15, 0.2) is 5.65 Å². The van der Waals surface area contributed by atoms with Crippen LogP contribution in [0.5, 0.6) is 0 Å². The van der Waals surface area contributed by atoms with Crippen LogP contribution in [0.2, 0.25) is 0 Å². The van der Waals surface area contributed by atoms with Crippen molar-refractivity contribution >= 4 is 50.2 Å². The Morgan fingerprint density at radius 1 is 1.03 bits per heavy atom. The van der Waals surface area contributed by atoms with Gasteiger partial charge < -0.3 is 0 Å². The lowest BCUT2D eigenvalue weighted by atomic mass is 10.1. The third-order valence-electron chi connectivity index (χ3n) is 5.11. The van der Waals surface area contributed by atoms with Crippen molar-refractivity contribution < 1.29 is 14.5 Å². The average Bonchev–Trinajstić information content (AvgIpc) is 3.22. The summed E-state index contributed by atoms with van der Waals surface area (Å²) < 4.78 is 2.50. The van der Waals surface area contributed by atoms with Crippen molar-refractivity contribution in [2.24, 2.45) is 0 Å². The number of rotatable bonds is 3. The van der Waals surface area contributed by atoms with Gasteiger partial charge >= 0.3 is 0 Å². The zero-order valence-electron chi connectivity index (χ0n) is 15.9. The van der Waals surface area contributed by atoms with E-state index in [2.05, 4.69) is 26.0 Å². The molecule has 0 atom stereocenters. The first-order valence-electron chi connectivity index (χ1n) is 9.15. The first-order chi connectivity index (χ1) is 14.9. The minimum atomic E-state index is -0.653.